The van der Waals surface area contributed by atoms with E-state index in [1.807, 2.05) is 72.3 Å². The lowest BCUT2D eigenvalue weighted by atomic mass is 10.0. The number of rotatable bonds is 5. The Hall–Kier alpha value is -3.57. The summed E-state index contributed by atoms with van der Waals surface area (Å²) >= 11 is 5.97. The van der Waals surface area contributed by atoms with E-state index in [-0.39, 0.29) is 5.91 Å². The van der Waals surface area contributed by atoms with Crippen LogP contribution < -0.4 is 10.1 Å². The molecule has 5 nitrogen and oxygen atoms in total. The van der Waals surface area contributed by atoms with Crippen LogP contribution in [0.4, 0.5) is 5.69 Å². The molecule has 0 saturated carbocycles. The van der Waals surface area contributed by atoms with Crippen molar-refractivity contribution >= 4 is 23.2 Å². The SMILES string of the molecule is COc1cc(NC(=O)c2cccc(-c3ccc(Cl)cc3)c2)ccc1-n1cnc(C)c1. The lowest BCUT2D eigenvalue weighted by Gasteiger charge is -2.12. The van der Waals surface area contributed by atoms with Crippen LogP contribution in [0.25, 0.3) is 16.8 Å². The first-order valence-electron chi connectivity index (χ1n) is 9.40. The highest BCUT2D eigenvalue weighted by Gasteiger charge is 2.11. The Kier molecular flexibility index (Phi) is 5.55. The van der Waals surface area contributed by atoms with Crippen LogP contribution in [0.3, 0.4) is 0 Å². The van der Waals surface area contributed by atoms with Crippen molar-refractivity contribution in [3.05, 3.63) is 95.5 Å². The number of anilines is 1. The second kappa shape index (κ2) is 8.43. The third-order valence-corrected chi connectivity index (χ3v) is 4.98. The van der Waals surface area contributed by atoms with E-state index in [0.29, 0.717) is 22.0 Å². The Labute approximate surface area is 179 Å². The normalized spacial score (nSPS) is 10.6. The van der Waals surface area contributed by atoms with Crippen molar-refractivity contribution in [1.82, 2.24) is 9.55 Å². The summed E-state index contributed by atoms with van der Waals surface area (Å²) < 4.78 is 7.40. The molecule has 1 amide bonds. The summed E-state index contributed by atoms with van der Waals surface area (Å²) in [5, 5.41) is 3.62. The number of hydrogen-bond acceptors (Lipinski definition) is 3. The standard InChI is InChI=1S/C24H20ClN3O2/c1-16-14-28(15-26-16)22-11-10-21(13-23(22)30-2)27-24(29)19-5-3-4-18(12-19)17-6-8-20(25)9-7-17/h3-15H,1-2H3,(H,27,29). The van der Waals surface area contributed by atoms with Crippen LogP contribution in [0, 0.1) is 6.92 Å². The van der Waals surface area contributed by atoms with Crippen molar-refractivity contribution in [1.29, 1.82) is 0 Å². The number of carbonyl (C=O) groups excluding carboxylic acids is 1. The van der Waals surface area contributed by atoms with Gasteiger partial charge in [-0.1, -0.05) is 35.9 Å². The van der Waals surface area contributed by atoms with Gasteiger partial charge >= 0.3 is 0 Å². The zero-order chi connectivity index (χ0) is 21.1. The molecular weight excluding hydrogens is 398 g/mol. The highest BCUT2D eigenvalue weighted by Crippen LogP contribution is 2.28. The van der Waals surface area contributed by atoms with Crippen LogP contribution in [0.5, 0.6) is 5.75 Å². The van der Waals surface area contributed by atoms with Gasteiger partial charge in [0, 0.05) is 28.5 Å². The summed E-state index contributed by atoms with van der Waals surface area (Å²) in [4.78, 5) is 17.1. The van der Waals surface area contributed by atoms with Gasteiger partial charge in [0.15, 0.2) is 0 Å². The number of nitrogens with one attached hydrogen (secondary N) is 1. The van der Waals surface area contributed by atoms with E-state index >= 15 is 0 Å². The number of nitrogens with zero attached hydrogens (tertiary/aromatic N) is 2. The van der Waals surface area contributed by atoms with Crippen LogP contribution in [0.2, 0.25) is 5.02 Å². The van der Waals surface area contributed by atoms with Crippen LogP contribution >= 0.6 is 11.6 Å². The molecule has 0 saturated heterocycles. The molecule has 0 aliphatic rings. The minimum absolute atomic E-state index is 0.195. The van der Waals surface area contributed by atoms with Crippen molar-refractivity contribution in [2.75, 3.05) is 12.4 Å². The van der Waals surface area contributed by atoms with E-state index in [2.05, 4.69) is 10.3 Å². The minimum Gasteiger partial charge on any atom is -0.494 e. The predicted molar refractivity (Wildman–Crippen MR) is 120 cm³/mol. The van der Waals surface area contributed by atoms with Gasteiger partial charge in [0.2, 0.25) is 0 Å². The fourth-order valence-electron chi connectivity index (χ4n) is 3.21. The maximum atomic E-state index is 12.8. The van der Waals surface area contributed by atoms with Crippen molar-refractivity contribution in [2.45, 2.75) is 6.92 Å². The van der Waals surface area contributed by atoms with Gasteiger partial charge in [0.25, 0.3) is 5.91 Å². The predicted octanol–water partition coefficient (Wildman–Crippen LogP) is 5.76. The first-order chi connectivity index (χ1) is 14.5. The fraction of sp³-hybridized carbons (Fsp3) is 0.0833. The van der Waals surface area contributed by atoms with E-state index in [0.717, 1.165) is 22.5 Å². The number of methoxy groups -OCH3 is 1. The third kappa shape index (κ3) is 4.21. The fourth-order valence-corrected chi connectivity index (χ4v) is 3.33. The average Bonchev–Trinajstić information content (AvgIpc) is 3.20. The lowest BCUT2D eigenvalue weighted by molar-refractivity contribution is 0.102. The van der Waals surface area contributed by atoms with Gasteiger partial charge in [0.1, 0.15) is 5.75 Å². The molecule has 0 aliphatic carbocycles. The number of benzene rings is 3. The number of imidazole rings is 1. The number of aryl methyl sites for hydroxylation is 1. The number of hydrogen-bond donors (Lipinski definition) is 1. The Morgan fingerprint density at radius 2 is 1.83 bits per heavy atom. The van der Waals surface area contributed by atoms with E-state index < -0.39 is 0 Å². The molecule has 1 heterocycles. The second-order valence-corrected chi connectivity index (χ2v) is 7.29. The van der Waals surface area contributed by atoms with Crippen molar-refractivity contribution in [3.8, 4) is 22.6 Å². The summed E-state index contributed by atoms with van der Waals surface area (Å²) in [5.41, 5.74) is 4.92. The molecule has 1 aromatic heterocycles. The zero-order valence-electron chi connectivity index (χ0n) is 16.6. The number of halogens is 1. The molecule has 0 unspecified atom stereocenters. The second-order valence-electron chi connectivity index (χ2n) is 6.85. The molecule has 0 atom stereocenters. The van der Waals surface area contributed by atoms with Crippen molar-refractivity contribution in [3.63, 3.8) is 0 Å². The minimum atomic E-state index is -0.195. The molecule has 1 N–H and O–H groups in total. The topological polar surface area (TPSA) is 56.1 Å². The van der Waals surface area contributed by atoms with Crippen LogP contribution in [0.1, 0.15) is 16.1 Å². The Balaban J connectivity index is 1.57. The van der Waals surface area contributed by atoms with Crippen LogP contribution in [-0.4, -0.2) is 22.6 Å². The Bertz CT molecular complexity index is 1200. The molecule has 6 heteroatoms. The molecule has 0 radical (unpaired) electrons. The van der Waals surface area contributed by atoms with Gasteiger partial charge in [-0.2, -0.15) is 0 Å². The highest BCUT2D eigenvalue weighted by molar-refractivity contribution is 6.30. The molecule has 0 spiro atoms. The van der Waals surface area contributed by atoms with Gasteiger partial charge in [0.05, 0.1) is 24.8 Å². The zero-order valence-corrected chi connectivity index (χ0v) is 17.4. The summed E-state index contributed by atoms with van der Waals surface area (Å²) in [6.45, 7) is 1.93. The van der Waals surface area contributed by atoms with E-state index in [4.69, 9.17) is 16.3 Å². The van der Waals surface area contributed by atoms with Crippen LogP contribution in [0.15, 0.2) is 79.3 Å². The summed E-state index contributed by atoms with van der Waals surface area (Å²) in [6.07, 6.45) is 3.64. The number of amides is 1. The summed E-state index contributed by atoms with van der Waals surface area (Å²) in [5.74, 6) is 0.444. The molecule has 4 aromatic rings. The quantitative estimate of drug-likeness (QED) is 0.449. The van der Waals surface area contributed by atoms with E-state index in [1.165, 1.54) is 0 Å². The van der Waals surface area contributed by atoms with Gasteiger partial charge in [-0.05, 0) is 54.4 Å². The highest BCUT2D eigenvalue weighted by atomic mass is 35.5. The number of ether oxygens (including phenoxy) is 1. The van der Waals surface area contributed by atoms with Crippen LogP contribution in [-0.2, 0) is 0 Å². The molecule has 0 bridgehead atoms. The largest absolute Gasteiger partial charge is 0.494 e. The van der Waals surface area contributed by atoms with Gasteiger partial charge in [-0.15, -0.1) is 0 Å². The van der Waals surface area contributed by atoms with E-state index in [9.17, 15) is 4.79 Å². The monoisotopic (exact) mass is 417 g/mol. The van der Waals surface area contributed by atoms with Crippen molar-refractivity contribution < 1.29 is 9.53 Å². The summed E-state index contributed by atoms with van der Waals surface area (Å²) in [7, 11) is 1.60. The molecule has 0 fully saturated rings. The maximum absolute atomic E-state index is 12.8. The molecular formula is C24H20ClN3O2. The Morgan fingerprint density at radius 3 is 2.53 bits per heavy atom. The van der Waals surface area contributed by atoms with Gasteiger partial charge in [-0.25, -0.2) is 4.98 Å². The lowest BCUT2D eigenvalue weighted by Crippen LogP contribution is -2.12. The number of aromatic nitrogens is 2. The molecule has 150 valence electrons. The smallest absolute Gasteiger partial charge is 0.255 e. The molecule has 4 rings (SSSR count). The van der Waals surface area contributed by atoms with Crippen molar-refractivity contribution in [2.24, 2.45) is 0 Å². The first-order valence-corrected chi connectivity index (χ1v) is 9.77. The van der Waals surface area contributed by atoms with Gasteiger partial charge < -0.3 is 14.6 Å². The molecule has 0 aliphatic heterocycles. The van der Waals surface area contributed by atoms with E-state index in [1.54, 1.807) is 25.6 Å². The first kappa shape index (κ1) is 19.7. The van der Waals surface area contributed by atoms with Gasteiger partial charge in [-0.3, -0.25) is 4.79 Å². The maximum Gasteiger partial charge on any atom is 0.255 e. The molecule has 3 aromatic carbocycles. The number of carbonyl (C=O) groups is 1. The Morgan fingerprint density at radius 1 is 1.03 bits per heavy atom. The third-order valence-electron chi connectivity index (χ3n) is 4.73. The average molecular weight is 418 g/mol. The molecule has 30 heavy (non-hydrogen) atoms. The summed E-state index contributed by atoms with van der Waals surface area (Å²) in [6, 6.07) is 20.5.